The van der Waals surface area contributed by atoms with Gasteiger partial charge in [0.2, 0.25) is 0 Å². The lowest BCUT2D eigenvalue weighted by Crippen LogP contribution is -2.21. The van der Waals surface area contributed by atoms with Crippen molar-refractivity contribution in [2.24, 2.45) is 7.05 Å². The van der Waals surface area contributed by atoms with Crippen LogP contribution in [0.2, 0.25) is 0 Å². The lowest BCUT2D eigenvalue weighted by atomic mass is 10.1. The molecule has 0 aliphatic rings. The quantitative estimate of drug-likeness (QED) is 0.720. The normalized spacial score (nSPS) is 12.2. The van der Waals surface area contributed by atoms with E-state index in [9.17, 15) is 0 Å². The van der Waals surface area contributed by atoms with Crippen molar-refractivity contribution >= 4 is 0 Å². The zero-order valence-electron chi connectivity index (χ0n) is 14.4. The summed E-state index contributed by atoms with van der Waals surface area (Å²) in [7, 11) is 3.61. The molecule has 0 saturated carbocycles. The molecule has 0 amide bonds. The monoisotopic (exact) mass is 318 g/mol. The number of nitrogens with one attached hydrogen (secondary N) is 1. The van der Waals surface area contributed by atoms with Crippen LogP contribution in [-0.4, -0.2) is 28.5 Å². The van der Waals surface area contributed by atoms with E-state index in [-0.39, 0.29) is 6.04 Å². The molecule has 1 atom stereocenters. The Kier molecular flexibility index (Phi) is 6.40. The third-order valence-electron chi connectivity index (χ3n) is 3.76. The highest BCUT2D eigenvalue weighted by Gasteiger charge is 2.14. The van der Waals surface area contributed by atoms with E-state index in [4.69, 9.17) is 9.47 Å². The summed E-state index contributed by atoms with van der Waals surface area (Å²) in [6.45, 7) is 5.59. The lowest BCUT2D eigenvalue weighted by molar-refractivity contribution is 0.284. The van der Waals surface area contributed by atoms with Crippen LogP contribution in [0.15, 0.2) is 24.5 Å². The van der Waals surface area contributed by atoms with Crippen LogP contribution >= 0.6 is 0 Å². The second kappa shape index (κ2) is 8.53. The molecular formula is C17H26N4O2. The number of aryl methyl sites for hydroxylation is 1. The summed E-state index contributed by atoms with van der Waals surface area (Å²) < 4.78 is 13.3. The molecule has 0 radical (unpaired) electrons. The number of benzene rings is 1. The summed E-state index contributed by atoms with van der Waals surface area (Å²) >= 11 is 0. The molecule has 23 heavy (non-hydrogen) atoms. The minimum absolute atomic E-state index is 0.0946. The van der Waals surface area contributed by atoms with Gasteiger partial charge in [0.25, 0.3) is 0 Å². The van der Waals surface area contributed by atoms with Crippen molar-refractivity contribution in [1.82, 2.24) is 20.1 Å². The number of methoxy groups -OCH3 is 1. The van der Waals surface area contributed by atoms with Crippen molar-refractivity contribution in [3.8, 4) is 11.5 Å². The highest BCUT2D eigenvalue weighted by Crippen LogP contribution is 2.31. The molecule has 0 unspecified atom stereocenters. The van der Waals surface area contributed by atoms with Crippen LogP contribution in [0.3, 0.4) is 0 Å². The van der Waals surface area contributed by atoms with Gasteiger partial charge >= 0.3 is 0 Å². The Morgan fingerprint density at radius 3 is 2.83 bits per heavy atom. The number of para-hydroxylation sites is 1. The molecule has 6 heteroatoms. The van der Waals surface area contributed by atoms with Gasteiger partial charge in [-0.05, 0) is 19.4 Å². The first kappa shape index (κ1) is 17.3. The van der Waals surface area contributed by atoms with Crippen LogP contribution in [0.1, 0.15) is 44.1 Å². The summed E-state index contributed by atoms with van der Waals surface area (Å²) in [6.07, 6.45) is 3.84. The van der Waals surface area contributed by atoms with E-state index in [0.717, 1.165) is 35.7 Å². The van der Waals surface area contributed by atoms with Crippen molar-refractivity contribution in [2.45, 2.75) is 39.3 Å². The molecule has 1 heterocycles. The van der Waals surface area contributed by atoms with E-state index in [1.54, 1.807) is 13.4 Å². The summed E-state index contributed by atoms with van der Waals surface area (Å²) in [5.74, 6) is 2.49. The first-order chi connectivity index (χ1) is 11.2. The van der Waals surface area contributed by atoms with Crippen LogP contribution < -0.4 is 14.8 Å². The van der Waals surface area contributed by atoms with Gasteiger partial charge in [-0.2, -0.15) is 0 Å². The molecule has 1 aromatic heterocycles. The SMILES string of the molecule is CCCCOc1c(CN[C@@H](C)c2nncn2C)cccc1OC. The van der Waals surface area contributed by atoms with E-state index in [1.165, 1.54) is 0 Å². The zero-order valence-corrected chi connectivity index (χ0v) is 14.4. The number of aromatic nitrogens is 3. The first-order valence-corrected chi connectivity index (χ1v) is 8.03. The first-order valence-electron chi connectivity index (χ1n) is 8.03. The molecule has 2 aromatic rings. The van der Waals surface area contributed by atoms with Gasteiger partial charge in [-0.3, -0.25) is 0 Å². The highest BCUT2D eigenvalue weighted by molar-refractivity contribution is 5.46. The molecule has 2 rings (SSSR count). The second-order valence-corrected chi connectivity index (χ2v) is 5.55. The van der Waals surface area contributed by atoms with Crippen LogP contribution in [0.4, 0.5) is 0 Å². The van der Waals surface area contributed by atoms with Crippen molar-refractivity contribution in [1.29, 1.82) is 0 Å². The Balaban J connectivity index is 2.07. The minimum Gasteiger partial charge on any atom is -0.493 e. The summed E-state index contributed by atoms with van der Waals surface area (Å²) in [5.41, 5.74) is 1.08. The number of hydrogen-bond donors (Lipinski definition) is 1. The molecule has 0 fully saturated rings. The molecule has 1 N–H and O–H groups in total. The van der Waals surface area contributed by atoms with Gasteiger partial charge in [0.15, 0.2) is 11.5 Å². The number of hydrogen-bond acceptors (Lipinski definition) is 5. The van der Waals surface area contributed by atoms with Crippen LogP contribution in [0.5, 0.6) is 11.5 Å². The smallest absolute Gasteiger partial charge is 0.165 e. The standard InChI is InChI=1S/C17H26N4O2/c1-5-6-10-23-16-14(8-7-9-15(16)22-4)11-18-13(2)17-20-19-12-21(17)3/h7-9,12-13,18H,5-6,10-11H2,1-4H3/t13-/m0/s1. The van der Waals surface area contributed by atoms with E-state index < -0.39 is 0 Å². The van der Waals surface area contributed by atoms with E-state index in [0.29, 0.717) is 13.2 Å². The van der Waals surface area contributed by atoms with Crippen molar-refractivity contribution in [3.63, 3.8) is 0 Å². The fourth-order valence-electron chi connectivity index (χ4n) is 2.38. The topological polar surface area (TPSA) is 61.2 Å². The fourth-order valence-corrected chi connectivity index (χ4v) is 2.38. The van der Waals surface area contributed by atoms with Crippen LogP contribution in [0.25, 0.3) is 0 Å². The largest absolute Gasteiger partial charge is 0.493 e. The molecule has 0 spiro atoms. The van der Waals surface area contributed by atoms with Gasteiger partial charge in [0, 0.05) is 19.2 Å². The van der Waals surface area contributed by atoms with E-state index >= 15 is 0 Å². The number of ether oxygens (including phenoxy) is 2. The molecule has 6 nitrogen and oxygen atoms in total. The van der Waals surface area contributed by atoms with Gasteiger partial charge in [-0.15, -0.1) is 10.2 Å². The maximum atomic E-state index is 5.95. The van der Waals surface area contributed by atoms with Gasteiger partial charge in [0.05, 0.1) is 19.8 Å². The maximum Gasteiger partial charge on any atom is 0.165 e. The van der Waals surface area contributed by atoms with Gasteiger partial charge < -0.3 is 19.4 Å². The number of rotatable bonds is 9. The molecule has 0 aliphatic carbocycles. The summed E-state index contributed by atoms with van der Waals surface area (Å²) in [5, 5.41) is 11.5. The minimum atomic E-state index is 0.0946. The Labute approximate surface area is 137 Å². The third-order valence-corrected chi connectivity index (χ3v) is 3.76. The van der Waals surface area contributed by atoms with Crippen molar-refractivity contribution < 1.29 is 9.47 Å². The Hall–Kier alpha value is -2.08. The van der Waals surface area contributed by atoms with Gasteiger partial charge in [0.1, 0.15) is 12.2 Å². The van der Waals surface area contributed by atoms with Crippen LogP contribution in [0, 0.1) is 0 Å². The third kappa shape index (κ3) is 4.45. The van der Waals surface area contributed by atoms with Crippen molar-refractivity contribution in [2.75, 3.05) is 13.7 Å². The number of unbranched alkanes of at least 4 members (excludes halogenated alkanes) is 1. The number of nitrogens with zero attached hydrogens (tertiary/aromatic N) is 3. The average Bonchev–Trinajstić information content (AvgIpc) is 2.99. The molecule has 0 saturated heterocycles. The van der Waals surface area contributed by atoms with E-state index in [2.05, 4.69) is 35.4 Å². The Morgan fingerprint density at radius 2 is 2.17 bits per heavy atom. The van der Waals surface area contributed by atoms with Crippen LogP contribution in [-0.2, 0) is 13.6 Å². The van der Waals surface area contributed by atoms with Crippen molar-refractivity contribution in [3.05, 3.63) is 35.9 Å². The second-order valence-electron chi connectivity index (χ2n) is 5.55. The summed E-state index contributed by atoms with van der Waals surface area (Å²) in [6, 6.07) is 6.06. The van der Waals surface area contributed by atoms with E-state index in [1.807, 2.05) is 23.7 Å². The molecule has 126 valence electrons. The fraction of sp³-hybridized carbons (Fsp3) is 0.529. The predicted octanol–water partition coefficient (Wildman–Crippen LogP) is 2.85. The highest BCUT2D eigenvalue weighted by atomic mass is 16.5. The average molecular weight is 318 g/mol. The predicted molar refractivity (Wildman–Crippen MR) is 89.7 cm³/mol. The lowest BCUT2D eigenvalue weighted by Gasteiger charge is -2.17. The molecule has 1 aromatic carbocycles. The van der Waals surface area contributed by atoms with Gasteiger partial charge in [-0.1, -0.05) is 25.5 Å². The zero-order chi connectivity index (χ0) is 16.7. The summed E-state index contributed by atoms with van der Waals surface area (Å²) in [4.78, 5) is 0. The Morgan fingerprint density at radius 1 is 1.35 bits per heavy atom. The van der Waals surface area contributed by atoms with Gasteiger partial charge in [-0.25, -0.2) is 0 Å². The Bertz CT molecular complexity index is 612. The molecular weight excluding hydrogens is 292 g/mol. The maximum absolute atomic E-state index is 5.95. The molecule has 0 bridgehead atoms. The molecule has 0 aliphatic heterocycles.